The average Bonchev–Trinajstić information content (AvgIpc) is 2.74. The zero-order valence-electron chi connectivity index (χ0n) is 15.5. The summed E-state index contributed by atoms with van der Waals surface area (Å²) < 4.78 is 6.57. The van der Waals surface area contributed by atoms with Crippen LogP contribution in [0.1, 0.15) is 22.3 Å². The van der Waals surface area contributed by atoms with E-state index in [0.29, 0.717) is 17.9 Å². The van der Waals surface area contributed by atoms with Crippen LogP contribution in [0.25, 0.3) is 0 Å². The van der Waals surface area contributed by atoms with Crippen molar-refractivity contribution in [3.63, 3.8) is 0 Å². The highest BCUT2D eigenvalue weighted by Crippen LogP contribution is 2.26. The van der Waals surface area contributed by atoms with Gasteiger partial charge in [0.05, 0.1) is 28.7 Å². The summed E-state index contributed by atoms with van der Waals surface area (Å²) in [6.07, 6.45) is 1.85. The van der Waals surface area contributed by atoms with Crippen molar-refractivity contribution in [2.75, 3.05) is 0 Å². The van der Waals surface area contributed by atoms with Gasteiger partial charge in [-0.2, -0.15) is 10.4 Å². The highest BCUT2D eigenvalue weighted by molar-refractivity contribution is 9.10. The van der Waals surface area contributed by atoms with E-state index >= 15 is 0 Å². The van der Waals surface area contributed by atoms with Crippen LogP contribution in [0.4, 0.5) is 0 Å². The van der Waals surface area contributed by atoms with Gasteiger partial charge in [0.25, 0.3) is 0 Å². The normalized spacial score (nSPS) is 10.5. The molecule has 6 heteroatoms. The standard InChI is InChI=1S/C23H18BrN3O2/c24-21-12-18(15-26-27-23(28)13-17-6-2-1-3-7-17)10-11-22(21)29-16-20-9-5-4-8-19(20)14-25/h1-12,15H,13,16H2,(H,27,28). The fraction of sp³-hybridized carbons (Fsp3) is 0.0870. The first-order chi connectivity index (χ1) is 14.2. The number of carbonyl (C=O) groups excluding carboxylic acids is 1. The van der Waals surface area contributed by atoms with Crippen molar-refractivity contribution in [3.8, 4) is 11.8 Å². The van der Waals surface area contributed by atoms with E-state index in [1.54, 1.807) is 12.3 Å². The van der Waals surface area contributed by atoms with E-state index < -0.39 is 0 Å². The van der Waals surface area contributed by atoms with Crippen LogP contribution in [-0.4, -0.2) is 12.1 Å². The fourth-order valence-electron chi connectivity index (χ4n) is 2.62. The Kier molecular flexibility index (Phi) is 7.15. The monoisotopic (exact) mass is 447 g/mol. The smallest absolute Gasteiger partial charge is 0.244 e. The first kappa shape index (κ1) is 20.3. The molecular weight excluding hydrogens is 430 g/mol. The third-order valence-corrected chi connectivity index (χ3v) is 4.71. The van der Waals surface area contributed by atoms with Crippen molar-refractivity contribution < 1.29 is 9.53 Å². The molecule has 1 N–H and O–H groups in total. The van der Waals surface area contributed by atoms with Crippen molar-refractivity contribution in [2.24, 2.45) is 5.10 Å². The van der Waals surface area contributed by atoms with Crippen molar-refractivity contribution >= 4 is 28.1 Å². The minimum atomic E-state index is -0.178. The number of nitrogens with one attached hydrogen (secondary N) is 1. The topological polar surface area (TPSA) is 74.5 Å². The second-order valence-corrected chi connectivity index (χ2v) is 7.06. The first-order valence-electron chi connectivity index (χ1n) is 8.92. The Morgan fingerprint density at radius 2 is 1.86 bits per heavy atom. The van der Waals surface area contributed by atoms with Crippen LogP contribution < -0.4 is 10.2 Å². The molecule has 3 rings (SSSR count). The molecule has 0 aliphatic rings. The highest BCUT2D eigenvalue weighted by Gasteiger charge is 2.06. The Bertz CT molecular complexity index is 1060. The molecule has 0 fully saturated rings. The first-order valence-corrected chi connectivity index (χ1v) is 9.71. The molecule has 0 radical (unpaired) electrons. The summed E-state index contributed by atoms with van der Waals surface area (Å²) in [4.78, 5) is 11.9. The van der Waals surface area contributed by atoms with Gasteiger partial charge in [0.1, 0.15) is 12.4 Å². The molecule has 0 saturated carbocycles. The summed E-state index contributed by atoms with van der Waals surface area (Å²) in [7, 11) is 0. The molecule has 0 aliphatic carbocycles. The number of carbonyl (C=O) groups is 1. The van der Waals surface area contributed by atoms with E-state index in [1.807, 2.05) is 66.7 Å². The third-order valence-electron chi connectivity index (χ3n) is 4.09. The van der Waals surface area contributed by atoms with Crippen LogP contribution in [0, 0.1) is 11.3 Å². The van der Waals surface area contributed by atoms with E-state index in [2.05, 4.69) is 32.5 Å². The molecule has 144 valence electrons. The van der Waals surface area contributed by atoms with Crippen LogP contribution in [0.5, 0.6) is 5.75 Å². The maximum atomic E-state index is 11.9. The number of nitriles is 1. The molecule has 0 spiro atoms. The number of amides is 1. The minimum absolute atomic E-state index is 0.178. The third kappa shape index (κ3) is 6.03. The molecule has 0 aliphatic heterocycles. The summed E-state index contributed by atoms with van der Waals surface area (Å²) in [5.41, 5.74) is 5.69. The van der Waals surface area contributed by atoms with Gasteiger partial charge >= 0.3 is 0 Å². The molecule has 5 nitrogen and oxygen atoms in total. The number of ether oxygens (including phenoxy) is 1. The minimum Gasteiger partial charge on any atom is -0.488 e. The molecule has 0 aromatic heterocycles. The molecule has 0 saturated heterocycles. The summed E-state index contributed by atoms with van der Waals surface area (Å²) in [6.45, 7) is 0.297. The predicted octanol–water partition coefficient (Wildman–Crippen LogP) is 4.59. The maximum Gasteiger partial charge on any atom is 0.244 e. The SMILES string of the molecule is N#Cc1ccccc1COc1ccc(C=NNC(=O)Cc2ccccc2)cc1Br. The number of halogens is 1. The Morgan fingerprint density at radius 1 is 1.10 bits per heavy atom. The number of hydrogen-bond acceptors (Lipinski definition) is 4. The van der Waals surface area contributed by atoms with Crippen molar-refractivity contribution in [3.05, 3.63) is 99.5 Å². The molecule has 3 aromatic carbocycles. The van der Waals surface area contributed by atoms with Crippen molar-refractivity contribution in [2.45, 2.75) is 13.0 Å². The molecule has 1 amide bonds. The van der Waals surface area contributed by atoms with E-state index in [1.165, 1.54) is 0 Å². The van der Waals surface area contributed by atoms with Crippen molar-refractivity contribution in [1.82, 2.24) is 5.43 Å². The fourth-order valence-corrected chi connectivity index (χ4v) is 3.14. The van der Waals surface area contributed by atoms with E-state index in [4.69, 9.17) is 10.00 Å². The lowest BCUT2D eigenvalue weighted by atomic mass is 10.1. The molecule has 3 aromatic rings. The van der Waals surface area contributed by atoms with Crippen LogP contribution in [0.2, 0.25) is 0 Å². The van der Waals surface area contributed by atoms with Gasteiger partial charge in [-0.1, -0.05) is 48.5 Å². The lowest BCUT2D eigenvalue weighted by Crippen LogP contribution is -2.19. The summed E-state index contributed by atoms with van der Waals surface area (Å²) >= 11 is 3.48. The molecule has 0 atom stereocenters. The number of rotatable bonds is 7. The van der Waals surface area contributed by atoms with Crippen LogP contribution in [0.3, 0.4) is 0 Å². The average molecular weight is 448 g/mol. The van der Waals surface area contributed by atoms with E-state index in [9.17, 15) is 4.79 Å². The van der Waals surface area contributed by atoms with Gasteiger partial charge in [-0.3, -0.25) is 4.79 Å². The molecule has 29 heavy (non-hydrogen) atoms. The lowest BCUT2D eigenvalue weighted by molar-refractivity contribution is -0.120. The maximum absolute atomic E-state index is 11.9. The molecule has 0 unspecified atom stereocenters. The van der Waals surface area contributed by atoms with Gasteiger partial charge in [-0.05, 0) is 51.3 Å². The predicted molar refractivity (Wildman–Crippen MR) is 116 cm³/mol. The van der Waals surface area contributed by atoms with Gasteiger partial charge in [0.2, 0.25) is 5.91 Å². The summed E-state index contributed by atoms with van der Waals surface area (Å²) in [5, 5.41) is 13.2. The molecule has 0 heterocycles. The second kappa shape index (κ2) is 10.2. The van der Waals surface area contributed by atoms with Crippen LogP contribution in [-0.2, 0) is 17.8 Å². The quantitative estimate of drug-likeness (QED) is 0.424. The molecule has 0 bridgehead atoms. The Labute approximate surface area is 177 Å². The summed E-state index contributed by atoms with van der Waals surface area (Å²) in [5.74, 6) is 0.477. The van der Waals surface area contributed by atoms with Gasteiger partial charge in [-0.15, -0.1) is 0 Å². The second-order valence-electron chi connectivity index (χ2n) is 6.20. The zero-order valence-corrected chi connectivity index (χ0v) is 17.1. The van der Waals surface area contributed by atoms with Crippen LogP contribution in [0.15, 0.2) is 82.4 Å². The van der Waals surface area contributed by atoms with Gasteiger partial charge in [0.15, 0.2) is 0 Å². The van der Waals surface area contributed by atoms with Gasteiger partial charge in [-0.25, -0.2) is 5.43 Å². The number of benzene rings is 3. The lowest BCUT2D eigenvalue weighted by Gasteiger charge is -2.10. The Balaban J connectivity index is 1.55. The number of nitrogens with zero attached hydrogens (tertiary/aromatic N) is 2. The number of hydrazone groups is 1. The van der Waals surface area contributed by atoms with Gasteiger partial charge in [0, 0.05) is 5.56 Å². The molecular formula is C23H18BrN3O2. The Morgan fingerprint density at radius 3 is 2.62 bits per heavy atom. The highest BCUT2D eigenvalue weighted by atomic mass is 79.9. The zero-order chi connectivity index (χ0) is 20.5. The van der Waals surface area contributed by atoms with E-state index in [0.717, 1.165) is 21.2 Å². The number of hydrogen-bond donors (Lipinski definition) is 1. The van der Waals surface area contributed by atoms with Gasteiger partial charge < -0.3 is 4.74 Å². The van der Waals surface area contributed by atoms with E-state index in [-0.39, 0.29) is 12.3 Å². The van der Waals surface area contributed by atoms with Crippen LogP contribution >= 0.6 is 15.9 Å². The van der Waals surface area contributed by atoms with Crippen molar-refractivity contribution in [1.29, 1.82) is 5.26 Å². The largest absolute Gasteiger partial charge is 0.488 e. The summed E-state index contributed by atoms with van der Waals surface area (Å²) in [6, 6.07) is 24.5. The Hall–Kier alpha value is -3.43.